The predicted octanol–water partition coefficient (Wildman–Crippen LogP) is 1.95. The fourth-order valence-electron chi connectivity index (χ4n) is 6.20. The summed E-state index contributed by atoms with van der Waals surface area (Å²) in [7, 11) is 0. The highest BCUT2D eigenvalue weighted by Gasteiger charge is 2.69. The molecule has 1 aliphatic carbocycles. The van der Waals surface area contributed by atoms with Crippen LogP contribution < -0.4 is 5.32 Å². The van der Waals surface area contributed by atoms with E-state index in [1.54, 1.807) is 6.92 Å². The second-order valence-corrected chi connectivity index (χ2v) is 10.7. The minimum absolute atomic E-state index is 0.0215. The first-order valence-corrected chi connectivity index (χ1v) is 12.6. The molecule has 0 aromatic carbocycles. The van der Waals surface area contributed by atoms with Crippen LogP contribution in [0.3, 0.4) is 0 Å². The Morgan fingerprint density at radius 1 is 1.03 bits per heavy atom. The van der Waals surface area contributed by atoms with E-state index in [0.29, 0.717) is 12.3 Å². The van der Waals surface area contributed by atoms with E-state index in [-0.39, 0.29) is 37.0 Å². The monoisotopic (exact) mass is 513 g/mol. The summed E-state index contributed by atoms with van der Waals surface area (Å²) in [6.45, 7) is 5.95. The van der Waals surface area contributed by atoms with Crippen LogP contribution in [0.15, 0.2) is 0 Å². The van der Waals surface area contributed by atoms with Gasteiger partial charge in [-0.15, -0.1) is 0 Å². The molecular formula is C24H35NO11. The Balaban J connectivity index is 1.36. The van der Waals surface area contributed by atoms with Crippen molar-refractivity contribution in [3.63, 3.8) is 0 Å². The Labute approximate surface area is 208 Å². The molecule has 9 atom stereocenters. The smallest absolute Gasteiger partial charge is 0.326 e. The van der Waals surface area contributed by atoms with Crippen LogP contribution in [-0.4, -0.2) is 64.0 Å². The Morgan fingerprint density at radius 3 is 2.47 bits per heavy atom. The van der Waals surface area contributed by atoms with Crippen LogP contribution in [0.25, 0.3) is 0 Å². The zero-order valence-electron chi connectivity index (χ0n) is 20.8. The highest BCUT2D eigenvalue weighted by Crippen LogP contribution is 2.60. The fourth-order valence-corrected chi connectivity index (χ4v) is 6.20. The van der Waals surface area contributed by atoms with Gasteiger partial charge in [0, 0.05) is 31.1 Å². The summed E-state index contributed by atoms with van der Waals surface area (Å²) in [5.74, 6) is -4.48. The SMILES string of the molecule is C[C@H]1[C@H](OC(=O)CCC(=O)N[C@@H](CCC(=O)O)C(=O)O)O[C@@H]2O[C@]3(C)CC[C@H]4[C@H](C)CC[C@@H]1[C@]24OO3. The van der Waals surface area contributed by atoms with Crippen molar-refractivity contribution in [3.05, 3.63) is 0 Å². The van der Waals surface area contributed by atoms with Gasteiger partial charge in [0.25, 0.3) is 0 Å². The van der Waals surface area contributed by atoms with E-state index >= 15 is 0 Å². The van der Waals surface area contributed by atoms with E-state index in [1.165, 1.54) is 0 Å². The number of hydrogen-bond donors (Lipinski definition) is 3. The van der Waals surface area contributed by atoms with E-state index in [0.717, 1.165) is 19.3 Å². The third-order valence-electron chi connectivity index (χ3n) is 8.18. The molecule has 36 heavy (non-hydrogen) atoms. The summed E-state index contributed by atoms with van der Waals surface area (Å²) in [5, 5.41) is 20.2. The van der Waals surface area contributed by atoms with Crippen molar-refractivity contribution in [1.29, 1.82) is 0 Å². The first-order chi connectivity index (χ1) is 16.9. The molecule has 1 spiro atoms. The summed E-state index contributed by atoms with van der Waals surface area (Å²) in [6, 6.07) is -1.35. The van der Waals surface area contributed by atoms with Gasteiger partial charge in [0.2, 0.25) is 18.0 Å². The van der Waals surface area contributed by atoms with Crippen LogP contribution in [0.2, 0.25) is 0 Å². The number of esters is 1. The average Bonchev–Trinajstić information content (AvgIpc) is 3.04. The van der Waals surface area contributed by atoms with Crippen LogP contribution in [0.4, 0.5) is 0 Å². The molecule has 4 aliphatic heterocycles. The number of amides is 1. The lowest BCUT2D eigenvalue weighted by Gasteiger charge is -2.59. The number of carbonyl (C=O) groups is 4. The van der Waals surface area contributed by atoms with Crippen molar-refractivity contribution in [2.75, 3.05) is 0 Å². The van der Waals surface area contributed by atoms with E-state index in [2.05, 4.69) is 12.2 Å². The minimum atomic E-state index is -1.35. The van der Waals surface area contributed by atoms with E-state index in [1.807, 2.05) is 6.92 Å². The molecule has 12 nitrogen and oxygen atoms in total. The highest BCUT2D eigenvalue weighted by molar-refractivity contribution is 5.86. The van der Waals surface area contributed by atoms with Gasteiger partial charge in [-0.05, 0) is 44.4 Å². The van der Waals surface area contributed by atoms with Crippen LogP contribution in [0, 0.1) is 23.7 Å². The van der Waals surface area contributed by atoms with Crippen LogP contribution in [0.5, 0.6) is 0 Å². The van der Waals surface area contributed by atoms with E-state index in [9.17, 15) is 24.3 Å². The molecule has 0 radical (unpaired) electrons. The molecule has 3 N–H and O–H groups in total. The first kappa shape index (κ1) is 26.8. The Kier molecular flexibility index (Phi) is 7.61. The molecule has 5 fully saturated rings. The zero-order chi connectivity index (χ0) is 26.3. The van der Waals surface area contributed by atoms with Gasteiger partial charge in [-0.3, -0.25) is 14.4 Å². The maximum Gasteiger partial charge on any atom is 0.326 e. The molecule has 4 heterocycles. The van der Waals surface area contributed by atoms with Crippen molar-refractivity contribution in [1.82, 2.24) is 5.32 Å². The molecule has 5 aliphatic rings. The topological polar surface area (TPSA) is 167 Å². The van der Waals surface area contributed by atoms with E-state index in [4.69, 9.17) is 29.1 Å². The van der Waals surface area contributed by atoms with Gasteiger partial charge < -0.3 is 29.7 Å². The third-order valence-corrected chi connectivity index (χ3v) is 8.18. The van der Waals surface area contributed by atoms with Crippen LogP contribution >= 0.6 is 0 Å². The van der Waals surface area contributed by atoms with Crippen LogP contribution in [-0.2, 0) is 43.2 Å². The molecule has 2 bridgehead atoms. The second kappa shape index (κ2) is 10.2. The number of carboxylic acid groups (broad SMARTS) is 2. The molecule has 0 aromatic heterocycles. The molecule has 1 amide bonds. The maximum absolute atomic E-state index is 12.6. The lowest BCUT2D eigenvalue weighted by Crippen LogP contribution is -2.70. The van der Waals surface area contributed by atoms with Gasteiger partial charge >= 0.3 is 17.9 Å². The normalized spacial score (nSPS) is 39.9. The third kappa shape index (κ3) is 5.09. The van der Waals surface area contributed by atoms with Crippen molar-refractivity contribution >= 4 is 23.8 Å². The standard InChI is InChI=1S/C24H35NO11/c1-12-4-5-15-13(2)21(33-22-24(15)14(12)10-11-23(3,34-22)35-36-24)32-19(29)9-7-17(26)25-16(20(30)31)6-8-18(27)28/h12-16,21-22H,4-11H2,1-3H3,(H,25,26)(H,27,28)(H,30,31)/t12-,13-,14+,15+,16+,21-,22-,23+,24+/m1/s1. The average molecular weight is 514 g/mol. The summed E-state index contributed by atoms with van der Waals surface area (Å²) < 4.78 is 18.0. The molecule has 1 saturated carbocycles. The number of aliphatic carboxylic acids is 2. The van der Waals surface area contributed by atoms with Gasteiger partial charge in [-0.2, -0.15) is 0 Å². The number of nitrogens with one attached hydrogen (secondary N) is 1. The molecule has 202 valence electrons. The van der Waals surface area contributed by atoms with Crippen molar-refractivity contribution in [3.8, 4) is 0 Å². The number of hydrogen-bond acceptors (Lipinski definition) is 9. The van der Waals surface area contributed by atoms with Gasteiger partial charge in [0.1, 0.15) is 6.04 Å². The molecule has 4 saturated heterocycles. The summed E-state index contributed by atoms with van der Waals surface area (Å²) >= 11 is 0. The first-order valence-electron chi connectivity index (χ1n) is 12.6. The molecule has 5 rings (SSSR count). The van der Waals surface area contributed by atoms with Gasteiger partial charge in [-0.1, -0.05) is 13.8 Å². The van der Waals surface area contributed by atoms with Gasteiger partial charge in [0.05, 0.1) is 6.42 Å². The number of fused-ring (bicyclic) bond motifs is 2. The quantitative estimate of drug-likeness (QED) is 0.304. The van der Waals surface area contributed by atoms with Crippen LogP contribution in [0.1, 0.15) is 72.1 Å². The van der Waals surface area contributed by atoms with E-state index < -0.39 is 60.2 Å². The Hall–Kier alpha value is -2.28. The Bertz CT molecular complexity index is 895. The molecule has 12 heteroatoms. The summed E-state index contributed by atoms with van der Waals surface area (Å²) in [6.07, 6.45) is 0.452. The van der Waals surface area contributed by atoms with Crippen molar-refractivity contribution in [2.24, 2.45) is 23.7 Å². The Morgan fingerprint density at radius 2 is 1.78 bits per heavy atom. The molecule has 0 aromatic rings. The fraction of sp³-hybridized carbons (Fsp3) is 0.833. The minimum Gasteiger partial charge on any atom is -0.481 e. The molecular weight excluding hydrogens is 478 g/mol. The summed E-state index contributed by atoms with van der Waals surface area (Å²) in [4.78, 5) is 58.5. The largest absolute Gasteiger partial charge is 0.481 e. The lowest BCUT2D eigenvalue weighted by atomic mass is 9.58. The highest BCUT2D eigenvalue weighted by atomic mass is 17.3. The number of carbonyl (C=O) groups excluding carboxylic acids is 2. The summed E-state index contributed by atoms with van der Waals surface area (Å²) in [5.41, 5.74) is -0.780. The number of carboxylic acids is 2. The van der Waals surface area contributed by atoms with Crippen molar-refractivity contribution < 1.29 is 53.4 Å². The van der Waals surface area contributed by atoms with Gasteiger partial charge in [-0.25, -0.2) is 14.6 Å². The van der Waals surface area contributed by atoms with Crippen molar-refractivity contribution in [2.45, 2.75) is 102 Å². The maximum atomic E-state index is 12.6. The van der Waals surface area contributed by atoms with Gasteiger partial charge in [0.15, 0.2) is 11.9 Å². The zero-order valence-corrected chi connectivity index (χ0v) is 20.8. The number of ether oxygens (including phenoxy) is 3. The number of rotatable bonds is 9. The molecule has 0 unspecified atom stereocenters. The predicted molar refractivity (Wildman–Crippen MR) is 119 cm³/mol. The lowest BCUT2D eigenvalue weighted by molar-refractivity contribution is -0.576. The second-order valence-electron chi connectivity index (χ2n) is 10.7.